The molecular formula is C10H21NO2S. The Morgan fingerprint density at radius 1 is 1.64 bits per heavy atom. The molecule has 1 saturated heterocycles. The topological polar surface area (TPSA) is 38.3 Å². The van der Waals surface area contributed by atoms with Crippen LogP contribution < -0.4 is 5.32 Å². The van der Waals surface area contributed by atoms with Gasteiger partial charge in [0.15, 0.2) is 0 Å². The first kappa shape index (κ1) is 12.1. The van der Waals surface area contributed by atoms with E-state index in [9.17, 15) is 4.21 Å². The van der Waals surface area contributed by atoms with Crippen molar-refractivity contribution in [1.82, 2.24) is 5.32 Å². The summed E-state index contributed by atoms with van der Waals surface area (Å²) >= 11 is 0. The summed E-state index contributed by atoms with van der Waals surface area (Å²) in [5.41, 5.74) is 0. The largest absolute Gasteiger partial charge is 0.381 e. The summed E-state index contributed by atoms with van der Waals surface area (Å²) in [7, 11) is -0.680. The number of hydrogen-bond donors (Lipinski definition) is 1. The fourth-order valence-corrected chi connectivity index (χ4v) is 1.97. The lowest BCUT2D eigenvalue weighted by molar-refractivity contribution is 0.185. The van der Waals surface area contributed by atoms with Crippen LogP contribution in [-0.2, 0) is 15.5 Å². The molecule has 1 aliphatic rings. The molecule has 0 aromatic rings. The highest BCUT2D eigenvalue weighted by Crippen LogP contribution is 2.10. The van der Waals surface area contributed by atoms with Gasteiger partial charge in [0.1, 0.15) is 0 Å². The van der Waals surface area contributed by atoms with Gasteiger partial charge in [-0.3, -0.25) is 4.21 Å². The summed E-state index contributed by atoms with van der Waals surface area (Å²) in [5.74, 6) is 0.692. The number of rotatable bonds is 6. The van der Waals surface area contributed by atoms with Gasteiger partial charge in [-0.05, 0) is 25.3 Å². The zero-order chi connectivity index (χ0) is 10.4. The molecular weight excluding hydrogens is 198 g/mol. The summed E-state index contributed by atoms with van der Waals surface area (Å²) in [4.78, 5) is 0. The van der Waals surface area contributed by atoms with Gasteiger partial charge in [-0.25, -0.2) is 0 Å². The van der Waals surface area contributed by atoms with Gasteiger partial charge in [0, 0.05) is 35.5 Å². The number of ether oxygens (including phenoxy) is 1. The summed E-state index contributed by atoms with van der Waals surface area (Å²) in [6, 6.07) is 0. The Balaban J connectivity index is 1.95. The Morgan fingerprint density at radius 2 is 2.43 bits per heavy atom. The van der Waals surface area contributed by atoms with Crippen molar-refractivity contribution in [2.45, 2.75) is 25.0 Å². The minimum absolute atomic E-state index is 0.308. The molecule has 4 heteroatoms. The maximum absolute atomic E-state index is 11.1. The van der Waals surface area contributed by atoms with Gasteiger partial charge in [-0.2, -0.15) is 0 Å². The average molecular weight is 219 g/mol. The second-order valence-corrected chi connectivity index (χ2v) is 5.83. The highest BCUT2D eigenvalue weighted by molar-refractivity contribution is 7.84. The van der Waals surface area contributed by atoms with Gasteiger partial charge in [-0.1, -0.05) is 6.92 Å². The molecule has 1 heterocycles. The van der Waals surface area contributed by atoms with Crippen LogP contribution in [0.25, 0.3) is 0 Å². The minimum atomic E-state index is -0.680. The van der Waals surface area contributed by atoms with E-state index in [1.807, 2.05) is 6.92 Å². The molecule has 0 amide bonds. The van der Waals surface area contributed by atoms with E-state index in [-0.39, 0.29) is 0 Å². The molecule has 3 atom stereocenters. The van der Waals surface area contributed by atoms with Gasteiger partial charge in [0.05, 0.1) is 6.61 Å². The van der Waals surface area contributed by atoms with Crippen LogP contribution in [0.3, 0.4) is 0 Å². The van der Waals surface area contributed by atoms with E-state index < -0.39 is 10.8 Å². The van der Waals surface area contributed by atoms with E-state index in [4.69, 9.17) is 4.74 Å². The lowest BCUT2D eigenvalue weighted by atomic mass is 10.1. The molecule has 0 spiro atoms. The molecule has 3 unspecified atom stereocenters. The normalized spacial score (nSPS) is 26.3. The summed E-state index contributed by atoms with van der Waals surface area (Å²) in [5, 5.41) is 3.71. The molecule has 0 bridgehead atoms. The lowest BCUT2D eigenvalue weighted by Gasteiger charge is -2.11. The molecule has 0 saturated carbocycles. The van der Waals surface area contributed by atoms with Crippen molar-refractivity contribution in [3.05, 3.63) is 0 Å². The van der Waals surface area contributed by atoms with Crippen LogP contribution in [0, 0.1) is 5.92 Å². The van der Waals surface area contributed by atoms with Gasteiger partial charge >= 0.3 is 0 Å². The van der Waals surface area contributed by atoms with Crippen molar-refractivity contribution in [3.8, 4) is 0 Å². The smallest absolute Gasteiger partial charge is 0.0507 e. The number of nitrogens with one attached hydrogen (secondary N) is 1. The van der Waals surface area contributed by atoms with E-state index in [1.165, 1.54) is 6.42 Å². The Labute approximate surface area is 89.1 Å². The maximum Gasteiger partial charge on any atom is 0.0507 e. The second-order valence-electron chi connectivity index (χ2n) is 4.03. The van der Waals surface area contributed by atoms with Crippen LogP contribution in [0.15, 0.2) is 0 Å². The van der Waals surface area contributed by atoms with Gasteiger partial charge in [0.2, 0.25) is 0 Å². The third-order valence-corrected chi connectivity index (χ3v) is 4.12. The van der Waals surface area contributed by atoms with Crippen molar-refractivity contribution in [2.24, 2.45) is 5.92 Å². The van der Waals surface area contributed by atoms with Crippen LogP contribution in [0.1, 0.15) is 19.8 Å². The van der Waals surface area contributed by atoms with Crippen LogP contribution in [0.2, 0.25) is 0 Å². The van der Waals surface area contributed by atoms with Crippen molar-refractivity contribution in [2.75, 3.05) is 32.6 Å². The predicted octanol–water partition coefficient (Wildman–Crippen LogP) is 0.770. The predicted molar refractivity (Wildman–Crippen MR) is 59.9 cm³/mol. The van der Waals surface area contributed by atoms with Crippen molar-refractivity contribution in [1.29, 1.82) is 0 Å². The molecule has 3 nitrogen and oxygen atoms in total. The molecule has 1 aliphatic heterocycles. The molecule has 0 radical (unpaired) electrons. The molecule has 1 fully saturated rings. The first-order valence-electron chi connectivity index (χ1n) is 5.31. The molecule has 0 aromatic carbocycles. The first-order chi connectivity index (χ1) is 6.70. The SMILES string of the molecule is CC(CCNCC1CCOC1)S(C)=O. The third-order valence-electron chi connectivity index (χ3n) is 2.75. The van der Waals surface area contributed by atoms with Gasteiger partial charge < -0.3 is 10.1 Å². The first-order valence-corrected chi connectivity index (χ1v) is 6.93. The average Bonchev–Trinajstić information content (AvgIpc) is 2.64. The Morgan fingerprint density at radius 3 is 3.00 bits per heavy atom. The van der Waals surface area contributed by atoms with Crippen LogP contribution >= 0.6 is 0 Å². The molecule has 84 valence electrons. The van der Waals surface area contributed by atoms with Crippen molar-refractivity contribution in [3.63, 3.8) is 0 Å². The molecule has 1 rings (SSSR count). The molecule has 14 heavy (non-hydrogen) atoms. The van der Waals surface area contributed by atoms with Crippen molar-refractivity contribution >= 4 is 10.8 Å². The summed E-state index contributed by atoms with van der Waals surface area (Å²) < 4.78 is 16.3. The lowest BCUT2D eigenvalue weighted by Crippen LogP contribution is -2.26. The Hall–Kier alpha value is 0.0700. The highest BCUT2D eigenvalue weighted by Gasteiger charge is 2.14. The fraction of sp³-hybridized carbons (Fsp3) is 1.00. The fourth-order valence-electron chi connectivity index (χ4n) is 1.52. The van der Waals surface area contributed by atoms with Crippen LogP contribution in [-0.4, -0.2) is 42.0 Å². The molecule has 0 aromatic heterocycles. The zero-order valence-corrected chi connectivity index (χ0v) is 9.94. The monoisotopic (exact) mass is 219 g/mol. The summed E-state index contributed by atoms with van der Waals surface area (Å²) in [6.07, 6.45) is 3.95. The second kappa shape index (κ2) is 6.53. The highest BCUT2D eigenvalue weighted by atomic mass is 32.2. The third kappa shape index (κ3) is 4.53. The molecule has 0 aliphatic carbocycles. The van der Waals surface area contributed by atoms with Gasteiger partial charge in [-0.15, -0.1) is 0 Å². The van der Waals surface area contributed by atoms with E-state index in [0.29, 0.717) is 11.2 Å². The van der Waals surface area contributed by atoms with E-state index in [2.05, 4.69) is 5.32 Å². The Kier molecular flexibility index (Phi) is 5.67. The number of hydrogen-bond acceptors (Lipinski definition) is 3. The van der Waals surface area contributed by atoms with Crippen LogP contribution in [0.5, 0.6) is 0 Å². The quantitative estimate of drug-likeness (QED) is 0.671. The zero-order valence-electron chi connectivity index (χ0n) is 9.12. The van der Waals surface area contributed by atoms with Gasteiger partial charge in [0.25, 0.3) is 0 Å². The molecule has 1 N–H and O–H groups in total. The van der Waals surface area contributed by atoms with E-state index in [1.54, 1.807) is 6.26 Å². The Bertz CT molecular complexity index is 181. The summed E-state index contributed by atoms with van der Waals surface area (Å²) in [6.45, 7) is 5.88. The van der Waals surface area contributed by atoms with Crippen molar-refractivity contribution < 1.29 is 8.95 Å². The maximum atomic E-state index is 11.1. The van der Waals surface area contributed by atoms with E-state index in [0.717, 1.165) is 32.7 Å². The van der Waals surface area contributed by atoms with Crippen LogP contribution in [0.4, 0.5) is 0 Å². The standard InChI is InChI=1S/C10H21NO2S/c1-9(14(2)12)3-5-11-7-10-4-6-13-8-10/h9-11H,3-8H2,1-2H3. The van der Waals surface area contributed by atoms with E-state index >= 15 is 0 Å². The minimum Gasteiger partial charge on any atom is -0.381 e.